The second kappa shape index (κ2) is 10.2. The molecule has 2 aromatic rings. The molecule has 4 nitrogen and oxygen atoms in total. The van der Waals surface area contributed by atoms with Crippen LogP contribution in [0.25, 0.3) is 0 Å². The zero-order valence-electron chi connectivity index (χ0n) is 17.9. The van der Waals surface area contributed by atoms with Crippen molar-refractivity contribution in [1.82, 2.24) is 10.2 Å². The molecule has 4 heteroatoms. The Balaban J connectivity index is 1.37. The van der Waals surface area contributed by atoms with Crippen molar-refractivity contribution in [3.63, 3.8) is 0 Å². The molecular weight excluding hydrogens is 372 g/mol. The first kappa shape index (κ1) is 21.1. The lowest BCUT2D eigenvalue weighted by Gasteiger charge is -2.38. The highest BCUT2D eigenvalue weighted by molar-refractivity contribution is 5.94. The molecule has 0 atom stereocenters. The lowest BCUT2D eigenvalue weighted by atomic mass is 9.74. The second-order valence-electron chi connectivity index (χ2n) is 8.83. The van der Waals surface area contributed by atoms with Gasteiger partial charge in [-0.3, -0.25) is 9.69 Å². The fourth-order valence-electron chi connectivity index (χ4n) is 4.79. The number of amides is 1. The summed E-state index contributed by atoms with van der Waals surface area (Å²) in [5, 5.41) is 3.21. The van der Waals surface area contributed by atoms with Gasteiger partial charge in [0.25, 0.3) is 5.91 Å². The van der Waals surface area contributed by atoms with E-state index in [1.165, 1.54) is 49.9 Å². The minimum absolute atomic E-state index is 0.0121. The molecule has 1 amide bonds. The zero-order valence-corrected chi connectivity index (χ0v) is 17.9. The maximum Gasteiger partial charge on any atom is 0.251 e. The molecule has 0 aliphatic carbocycles. The molecule has 0 bridgehead atoms. The molecule has 0 radical (unpaired) electrons. The largest absolute Gasteiger partial charge is 0.381 e. The maximum atomic E-state index is 12.9. The number of carbonyl (C=O) groups excluding carboxylic acids is 1. The molecule has 2 heterocycles. The van der Waals surface area contributed by atoms with Gasteiger partial charge in [-0.25, -0.2) is 0 Å². The molecule has 0 saturated carbocycles. The average molecular weight is 407 g/mol. The molecule has 2 saturated heterocycles. The van der Waals surface area contributed by atoms with E-state index in [1.807, 2.05) is 18.2 Å². The van der Waals surface area contributed by atoms with Crippen LogP contribution in [0, 0.1) is 0 Å². The lowest BCUT2D eigenvalue weighted by Crippen LogP contribution is -2.44. The van der Waals surface area contributed by atoms with Crippen molar-refractivity contribution in [2.75, 3.05) is 32.8 Å². The smallest absolute Gasteiger partial charge is 0.251 e. The van der Waals surface area contributed by atoms with Gasteiger partial charge in [-0.2, -0.15) is 0 Å². The van der Waals surface area contributed by atoms with Crippen LogP contribution in [0.2, 0.25) is 0 Å². The van der Waals surface area contributed by atoms with Crippen LogP contribution in [-0.4, -0.2) is 43.7 Å². The van der Waals surface area contributed by atoms with E-state index >= 15 is 0 Å². The molecule has 2 aliphatic heterocycles. The Morgan fingerprint density at radius 1 is 0.900 bits per heavy atom. The van der Waals surface area contributed by atoms with Crippen LogP contribution < -0.4 is 5.32 Å². The van der Waals surface area contributed by atoms with Crippen molar-refractivity contribution in [3.8, 4) is 0 Å². The maximum absolute atomic E-state index is 12.9. The summed E-state index contributed by atoms with van der Waals surface area (Å²) < 4.78 is 5.60. The summed E-state index contributed by atoms with van der Waals surface area (Å²) in [6, 6.07) is 18.7. The number of likely N-dealkylation sites (tertiary alicyclic amines) is 1. The molecule has 160 valence electrons. The third kappa shape index (κ3) is 5.30. The number of benzene rings is 2. The topological polar surface area (TPSA) is 41.6 Å². The number of hydrogen-bond acceptors (Lipinski definition) is 3. The Bertz CT molecular complexity index is 790. The highest BCUT2D eigenvalue weighted by atomic mass is 16.5. The molecule has 2 aliphatic rings. The van der Waals surface area contributed by atoms with E-state index in [1.54, 1.807) is 0 Å². The Morgan fingerprint density at radius 3 is 2.23 bits per heavy atom. The summed E-state index contributed by atoms with van der Waals surface area (Å²) in [6.07, 6.45) is 7.18. The minimum Gasteiger partial charge on any atom is -0.381 e. The summed E-state index contributed by atoms with van der Waals surface area (Å²) in [4.78, 5) is 15.4. The summed E-state index contributed by atoms with van der Waals surface area (Å²) in [5.41, 5.74) is 3.28. The van der Waals surface area contributed by atoms with Gasteiger partial charge in [-0.1, -0.05) is 55.3 Å². The average Bonchev–Trinajstić information content (AvgIpc) is 3.08. The Labute approximate surface area is 180 Å². The Kier molecular flexibility index (Phi) is 7.19. The van der Waals surface area contributed by atoms with E-state index in [0.717, 1.165) is 38.2 Å². The van der Waals surface area contributed by atoms with E-state index in [9.17, 15) is 4.79 Å². The SMILES string of the molecule is O=C(NCC1(c2ccccc2)CCOCC1)c1ccc(CN2CCCCCC2)cc1. The number of carbonyl (C=O) groups is 1. The molecule has 1 N–H and O–H groups in total. The summed E-state index contributed by atoms with van der Waals surface area (Å²) in [5.74, 6) is 0.0121. The fourth-order valence-corrected chi connectivity index (χ4v) is 4.79. The predicted molar refractivity (Wildman–Crippen MR) is 121 cm³/mol. The van der Waals surface area contributed by atoms with Gasteiger partial charge >= 0.3 is 0 Å². The van der Waals surface area contributed by atoms with E-state index in [2.05, 4.69) is 46.6 Å². The van der Waals surface area contributed by atoms with Crippen LogP contribution in [0.3, 0.4) is 0 Å². The molecule has 0 spiro atoms. The van der Waals surface area contributed by atoms with Crippen molar-refractivity contribution in [1.29, 1.82) is 0 Å². The fraction of sp³-hybridized carbons (Fsp3) is 0.500. The van der Waals surface area contributed by atoms with E-state index in [0.29, 0.717) is 6.54 Å². The normalized spacial score (nSPS) is 19.7. The van der Waals surface area contributed by atoms with E-state index < -0.39 is 0 Å². The van der Waals surface area contributed by atoms with Gasteiger partial charge in [0.15, 0.2) is 0 Å². The van der Waals surface area contributed by atoms with E-state index in [-0.39, 0.29) is 11.3 Å². The van der Waals surface area contributed by atoms with Gasteiger partial charge < -0.3 is 10.1 Å². The third-order valence-electron chi connectivity index (χ3n) is 6.74. The molecule has 2 aromatic carbocycles. The minimum atomic E-state index is -0.0398. The van der Waals surface area contributed by atoms with Crippen molar-refractivity contribution in [3.05, 3.63) is 71.3 Å². The number of hydrogen-bond donors (Lipinski definition) is 1. The van der Waals surface area contributed by atoms with Gasteiger partial charge in [0.2, 0.25) is 0 Å². The molecule has 4 rings (SSSR count). The van der Waals surface area contributed by atoms with Crippen LogP contribution in [0.15, 0.2) is 54.6 Å². The van der Waals surface area contributed by atoms with E-state index in [4.69, 9.17) is 4.74 Å². The standard InChI is InChI=1S/C26H34N2O2/c29-25(23-12-10-22(11-13-23)20-28-16-6-1-2-7-17-28)27-21-26(14-18-30-19-15-26)24-8-4-3-5-9-24/h3-5,8-13H,1-2,6-7,14-21H2,(H,27,29). The zero-order chi connectivity index (χ0) is 20.7. The molecule has 0 unspecified atom stereocenters. The van der Waals surface area contributed by atoms with Crippen LogP contribution in [0.4, 0.5) is 0 Å². The van der Waals surface area contributed by atoms with Gasteiger partial charge in [0, 0.05) is 37.3 Å². The third-order valence-corrected chi connectivity index (χ3v) is 6.74. The first-order chi connectivity index (χ1) is 14.8. The van der Waals surface area contributed by atoms with Crippen LogP contribution in [0.1, 0.15) is 60.0 Å². The number of ether oxygens (including phenoxy) is 1. The molecular formula is C26H34N2O2. The number of rotatable bonds is 6. The molecule has 2 fully saturated rings. The summed E-state index contributed by atoms with van der Waals surface area (Å²) in [7, 11) is 0. The number of nitrogens with zero attached hydrogens (tertiary/aromatic N) is 1. The Morgan fingerprint density at radius 2 is 1.57 bits per heavy atom. The first-order valence-electron chi connectivity index (χ1n) is 11.5. The van der Waals surface area contributed by atoms with Crippen molar-refractivity contribution in [2.24, 2.45) is 0 Å². The Hall–Kier alpha value is -2.17. The first-order valence-corrected chi connectivity index (χ1v) is 11.5. The summed E-state index contributed by atoms with van der Waals surface area (Å²) >= 11 is 0. The molecule has 30 heavy (non-hydrogen) atoms. The second-order valence-corrected chi connectivity index (χ2v) is 8.83. The monoisotopic (exact) mass is 406 g/mol. The van der Waals surface area contributed by atoms with Crippen LogP contribution in [0.5, 0.6) is 0 Å². The van der Waals surface area contributed by atoms with Gasteiger partial charge in [0.1, 0.15) is 0 Å². The quantitative estimate of drug-likeness (QED) is 0.766. The number of nitrogens with one attached hydrogen (secondary N) is 1. The highest BCUT2D eigenvalue weighted by Gasteiger charge is 2.34. The van der Waals surface area contributed by atoms with Crippen molar-refractivity contribution >= 4 is 5.91 Å². The summed E-state index contributed by atoms with van der Waals surface area (Å²) in [6.45, 7) is 5.50. The van der Waals surface area contributed by atoms with Gasteiger partial charge in [-0.05, 0) is 62.0 Å². The van der Waals surface area contributed by atoms with Gasteiger partial charge in [-0.15, -0.1) is 0 Å². The van der Waals surface area contributed by atoms with Crippen molar-refractivity contribution in [2.45, 2.75) is 50.5 Å². The van der Waals surface area contributed by atoms with Crippen molar-refractivity contribution < 1.29 is 9.53 Å². The highest BCUT2D eigenvalue weighted by Crippen LogP contribution is 2.34. The van der Waals surface area contributed by atoms with Gasteiger partial charge in [0.05, 0.1) is 0 Å². The predicted octanol–water partition coefficient (Wildman–Crippen LogP) is 4.54. The molecule has 0 aromatic heterocycles. The van der Waals surface area contributed by atoms with Crippen LogP contribution >= 0.6 is 0 Å². The lowest BCUT2D eigenvalue weighted by molar-refractivity contribution is 0.0487. The van der Waals surface area contributed by atoms with Crippen LogP contribution in [-0.2, 0) is 16.7 Å².